The Morgan fingerprint density at radius 3 is 3.00 bits per heavy atom. The molecule has 2 atom stereocenters. The minimum absolute atomic E-state index is 0.0494. The zero-order chi connectivity index (χ0) is 14.4. The number of methoxy groups -OCH3 is 1. The van der Waals surface area contributed by atoms with Crippen molar-refractivity contribution in [1.82, 2.24) is 0 Å². The summed E-state index contributed by atoms with van der Waals surface area (Å²) in [6, 6.07) is 12.2. The molecule has 2 unspecified atom stereocenters. The van der Waals surface area contributed by atoms with Gasteiger partial charge in [0.1, 0.15) is 17.6 Å². The van der Waals surface area contributed by atoms with E-state index in [1.807, 2.05) is 24.3 Å². The van der Waals surface area contributed by atoms with Crippen LogP contribution in [0.4, 0.5) is 5.69 Å². The van der Waals surface area contributed by atoms with E-state index in [1.54, 1.807) is 7.11 Å². The van der Waals surface area contributed by atoms with Crippen molar-refractivity contribution in [1.29, 1.82) is 0 Å². The van der Waals surface area contributed by atoms with Gasteiger partial charge in [0.2, 0.25) is 0 Å². The summed E-state index contributed by atoms with van der Waals surface area (Å²) in [5.41, 5.74) is 3.55. The molecule has 4 heteroatoms. The fraction of sp³-hybridized carbons (Fsp3) is 0.294. The molecule has 1 aliphatic heterocycles. The van der Waals surface area contributed by atoms with E-state index in [9.17, 15) is 0 Å². The van der Waals surface area contributed by atoms with Crippen LogP contribution in [0.15, 0.2) is 36.4 Å². The molecule has 108 valence electrons. The van der Waals surface area contributed by atoms with Gasteiger partial charge in [-0.15, -0.1) is 0 Å². The minimum Gasteiger partial charge on any atom is -0.497 e. The van der Waals surface area contributed by atoms with Gasteiger partial charge in [0.05, 0.1) is 18.8 Å². The fourth-order valence-electron chi connectivity index (χ4n) is 3.23. The summed E-state index contributed by atoms with van der Waals surface area (Å²) >= 11 is 6.06. The Morgan fingerprint density at radius 1 is 1.24 bits per heavy atom. The van der Waals surface area contributed by atoms with Crippen molar-refractivity contribution in [3.05, 3.63) is 52.5 Å². The van der Waals surface area contributed by atoms with Crippen LogP contribution in [0.2, 0.25) is 5.02 Å². The van der Waals surface area contributed by atoms with Gasteiger partial charge in [-0.2, -0.15) is 0 Å². The summed E-state index contributed by atoms with van der Waals surface area (Å²) in [5, 5.41) is 4.29. The molecule has 3 nitrogen and oxygen atoms in total. The second-order valence-electron chi connectivity index (χ2n) is 5.53. The minimum atomic E-state index is 0.0494. The smallest absolute Gasteiger partial charge is 0.144 e. The number of anilines is 1. The van der Waals surface area contributed by atoms with Crippen LogP contribution in [0.1, 0.15) is 23.7 Å². The van der Waals surface area contributed by atoms with E-state index < -0.39 is 0 Å². The number of nitrogens with one attached hydrogen (secondary N) is 1. The van der Waals surface area contributed by atoms with Gasteiger partial charge in [-0.1, -0.05) is 17.7 Å². The van der Waals surface area contributed by atoms with Crippen LogP contribution >= 0.6 is 11.6 Å². The van der Waals surface area contributed by atoms with E-state index in [0.29, 0.717) is 0 Å². The van der Waals surface area contributed by atoms with Gasteiger partial charge in [-0.25, -0.2) is 0 Å². The first-order chi connectivity index (χ1) is 10.2. The number of rotatable bonds is 1. The normalized spacial score (nSPS) is 22.2. The number of halogens is 1. The Hall–Kier alpha value is -1.87. The number of hydrogen-bond acceptors (Lipinski definition) is 3. The summed E-state index contributed by atoms with van der Waals surface area (Å²) in [6.07, 6.45) is 2.12. The number of ether oxygens (including phenoxy) is 2. The van der Waals surface area contributed by atoms with Crippen molar-refractivity contribution < 1.29 is 9.47 Å². The van der Waals surface area contributed by atoms with Gasteiger partial charge in [0.25, 0.3) is 0 Å². The molecule has 0 aromatic heterocycles. The Labute approximate surface area is 128 Å². The van der Waals surface area contributed by atoms with Crippen molar-refractivity contribution in [3.8, 4) is 11.5 Å². The molecular weight excluding hydrogens is 286 g/mol. The highest BCUT2D eigenvalue weighted by molar-refractivity contribution is 6.30. The van der Waals surface area contributed by atoms with Gasteiger partial charge in [-0.3, -0.25) is 0 Å². The highest BCUT2D eigenvalue weighted by atomic mass is 35.5. The molecule has 1 heterocycles. The van der Waals surface area contributed by atoms with Gasteiger partial charge in [0, 0.05) is 5.02 Å². The van der Waals surface area contributed by atoms with Crippen LogP contribution in [0.5, 0.6) is 11.5 Å². The lowest BCUT2D eigenvalue weighted by molar-refractivity contribution is 0.157. The Morgan fingerprint density at radius 2 is 2.14 bits per heavy atom. The van der Waals surface area contributed by atoms with E-state index in [1.165, 1.54) is 11.1 Å². The third-order valence-electron chi connectivity index (χ3n) is 4.28. The third-order valence-corrected chi connectivity index (χ3v) is 4.52. The van der Waals surface area contributed by atoms with Crippen LogP contribution in [0, 0.1) is 0 Å². The van der Waals surface area contributed by atoms with Crippen LogP contribution in [0.25, 0.3) is 0 Å². The highest BCUT2D eigenvalue weighted by Gasteiger charge is 2.35. The maximum atomic E-state index is 6.23. The molecule has 1 aliphatic carbocycles. The topological polar surface area (TPSA) is 30.5 Å². The molecule has 0 radical (unpaired) electrons. The maximum Gasteiger partial charge on any atom is 0.144 e. The Balaban J connectivity index is 1.73. The fourth-order valence-corrected chi connectivity index (χ4v) is 3.40. The molecule has 0 fully saturated rings. The molecule has 0 saturated carbocycles. The summed E-state index contributed by atoms with van der Waals surface area (Å²) in [5.74, 6) is 1.77. The van der Waals surface area contributed by atoms with Gasteiger partial charge in [0.15, 0.2) is 0 Å². The SMILES string of the molecule is COc1ccc2c(c1)CCC1Nc3cc(Cl)ccc3OC21. The van der Waals surface area contributed by atoms with Gasteiger partial charge >= 0.3 is 0 Å². The van der Waals surface area contributed by atoms with E-state index >= 15 is 0 Å². The Bertz CT molecular complexity index is 701. The van der Waals surface area contributed by atoms with E-state index in [0.717, 1.165) is 35.1 Å². The van der Waals surface area contributed by atoms with Gasteiger partial charge < -0.3 is 14.8 Å². The van der Waals surface area contributed by atoms with Gasteiger partial charge in [-0.05, 0) is 54.3 Å². The van der Waals surface area contributed by atoms with E-state index in [-0.39, 0.29) is 12.1 Å². The summed E-state index contributed by atoms with van der Waals surface area (Å²) in [4.78, 5) is 0. The van der Waals surface area contributed by atoms with Crippen molar-refractivity contribution in [2.24, 2.45) is 0 Å². The van der Waals surface area contributed by atoms with E-state index in [2.05, 4.69) is 17.4 Å². The molecule has 1 N–H and O–H groups in total. The monoisotopic (exact) mass is 301 g/mol. The van der Waals surface area contributed by atoms with Crippen molar-refractivity contribution >= 4 is 17.3 Å². The lowest BCUT2D eigenvalue weighted by atomic mass is 9.84. The lowest BCUT2D eigenvalue weighted by Gasteiger charge is -2.39. The number of fused-ring (bicyclic) bond motifs is 4. The standard InChI is InChI=1S/C17H16ClNO2/c1-20-12-4-5-13-10(8-12)2-6-14-17(13)21-16-7-3-11(18)9-15(16)19-14/h3-5,7-9,14,17,19H,2,6H2,1H3. The summed E-state index contributed by atoms with van der Waals surface area (Å²) in [7, 11) is 1.70. The molecule has 0 saturated heterocycles. The highest BCUT2D eigenvalue weighted by Crippen LogP contribution is 2.43. The quantitative estimate of drug-likeness (QED) is 0.856. The molecule has 21 heavy (non-hydrogen) atoms. The largest absolute Gasteiger partial charge is 0.497 e. The average Bonchev–Trinajstić information content (AvgIpc) is 2.52. The summed E-state index contributed by atoms with van der Waals surface area (Å²) in [6.45, 7) is 0. The zero-order valence-corrected chi connectivity index (χ0v) is 12.5. The first-order valence-corrected chi connectivity index (χ1v) is 7.52. The van der Waals surface area contributed by atoms with Crippen molar-refractivity contribution in [2.75, 3.05) is 12.4 Å². The molecular formula is C17H16ClNO2. The number of hydrogen-bond donors (Lipinski definition) is 1. The second kappa shape index (κ2) is 4.85. The molecule has 0 spiro atoms. The van der Waals surface area contributed by atoms with Crippen molar-refractivity contribution in [3.63, 3.8) is 0 Å². The predicted molar refractivity (Wildman–Crippen MR) is 83.5 cm³/mol. The van der Waals surface area contributed by atoms with Crippen LogP contribution in [-0.4, -0.2) is 13.2 Å². The molecule has 4 rings (SSSR count). The first-order valence-electron chi connectivity index (χ1n) is 7.14. The lowest BCUT2D eigenvalue weighted by Crippen LogP contribution is -2.38. The van der Waals surface area contributed by atoms with Crippen LogP contribution in [0.3, 0.4) is 0 Å². The maximum absolute atomic E-state index is 6.23. The second-order valence-corrected chi connectivity index (χ2v) is 5.97. The first kappa shape index (κ1) is 12.8. The molecule has 0 bridgehead atoms. The molecule has 0 amide bonds. The molecule has 2 aromatic carbocycles. The number of aryl methyl sites for hydroxylation is 1. The third kappa shape index (κ3) is 2.12. The number of benzene rings is 2. The zero-order valence-electron chi connectivity index (χ0n) is 11.7. The van der Waals surface area contributed by atoms with E-state index in [4.69, 9.17) is 21.1 Å². The van der Waals surface area contributed by atoms with Crippen molar-refractivity contribution in [2.45, 2.75) is 25.0 Å². The summed E-state index contributed by atoms with van der Waals surface area (Å²) < 4.78 is 11.5. The molecule has 2 aromatic rings. The average molecular weight is 302 g/mol. The predicted octanol–water partition coefficient (Wildman–Crippen LogP) is 4.21. The Kier molecular flexibility index (Phi) is 2.96. The van der Waals surface area contributed by atoms with Crippen LogP contribution < -0.4 is 14.8 Å². The van der Waals surface area contributed by atoms with Crippen LogP contribution in [-0.2, 0) is 6.42 Å². The molecule has 2 aliphatic rings.